The third-order valence-corrected chi connectivity index (χ3v) is 2.46. The first-order chi connectivity index (χ1) is 7.70. The number of amides is 2. The van der Waals surface area contributed by atoms with E-state index in [1.807, 2.05) is 0 Å². The number of likely N-dealkylation sites (tertiary alicyclic amines) is 1. The van der Waals surface area contributed by atoms with Gasteiger partial charge in [-0.05, 0) is 0 Å². The molecule has 2 amide bonds. The molecule has 0 bridgehead atoms. The van der Waals surface area contributed by atoms with Crippen LogP contribution in [0.1, 0.15) is 18.5 Å². The van der Waals surface area contributed by atoms with Gasteiger partial charge in [-0.15, -0.1) is 5.10 Å². The minimum absolute atomic E-state index is 0.132. The van der Waals surface area contributed by atoms with Gasteiger partial charge in [0.25, 0.3) is 0 Å². The van der Waals surface area contributed by atoms with E-state index in [2.05, 4.69) is 10.3 Å². The fraction of sp³-hybridized carbons (Fsp3) is 0.556. The van der Waals surface area contributed by atoms with Gasteiger partial charge in [0.05, 0.1) is 19.3 Å². The predicted molar refractivity (Wildman–Crippen MR) is 51.9 cm³/mol. The van der Waals surface area contributed by atoms with Crippen LogP contribution < -0.4 is 0 Å². The molecule has 1 aliphatic rings. The molecular formula is C9H12N4O3. The molecule has 2 heterocycles. The minimum Gasteiger partial charge on any atom is -0.390 e. The summed E-state index contributed by atoms with van der Waals surface area (Å²) >= 11 is 0. The van der Waals surface area contributed by atoms with Crippen LogP contribution in [0.5, 0.6) is 0 Å². The molecule has 1 aromatic heterocycles. The van der Waals surface area contributed by atoms with Crippen LogP contribution >= 0.6 is 0 Å². The standard InChI is InChI=1S/C9H12N4O3/c14-6-7-5-12(11-10-7)3-4-13-8(15)1-2-9(13)16/h5,14H,1-4,6H2. The van der Waals surface area contributed by atoms with Gasteiger partial charge in [-0.3, -0.25) is 19.2 Å². The summed E-state index contributed by atoms with van der Waals surface area (Å²) in [5, 5.41) is 16.2. The van der Waals surface area contributed by atoms with Crippen molar-refractivity contribution in [2.24, 2.45) is 0 Å². The van der Waals surface area contributed by atoms with Gasteiger partial charge < -0.3 is 5.11 Å². The molecule has 0 atom stereocenters. The van der Waals surface area contributed by atoms with Gasteiger partial charge in [0, 0.05) is 19.4 Å². The lowest BCUT2D eigenvalue weighted by atomic mass is 10.4. The quantitative estimate of drug-likeness (QED) is 0.657. The molecule has 0 aromatic carbocycles. The molecule has 1 aliphatic heterocycles. The minimum atomic E-state index is -0.165. The molecule has 1 aromatic rings. The normalized spacial score (nSPS) is 16.2. The maximum Gasteiger partial charge on any atom is 0.229 e. The van der Waals surface area contributed by atoms with Crippen molar-refractivity contribution in [2.75, 3.05) is 6.54 Å². The monoisotopic (exact) mass is 224 g/mol. The maximum absolute atomic E-state index is 11.3. The zero-order valence-corrected chi connectivity index (χ0v) is 8.67. The Labute approximate surface area is 91.7 Å². The van der Waals surface area contributed by atoms with Crippen molar-refractivity contribution in [1.82, 2.24) is 19.9 Å². The van der Waals surface area contributed by atoms with Gasteiger partial charge in [-0.2, -0.15) is 0 Å². The van der Waals surface area contributed by atoms with Gasteiger partial charge in [0.1, 0.15) is 5.69 Å². The van der Waals surface area contributed by atoms with E-state index >= 15 is 0 Å². The fourth-order valence-electron chi connectivity index (χ4n) is 1.59. The number of carbonyl (C=O) groups is 2. The summed E-state index contributed by atoms with van der Waals surface area (Å²) in [4.78, 5) is 23.8. The highest BCUT2D eigenvalue weighted by Gasteiger charge is 2.28. The maximum atomic E-state index is 11.3. The smallest absolute Gasteiger partial charge is 0.229 e. The van der Waals surface area contributed by atoms with Gasteiger partial charge in [0.15, 0.2) is 0 Å². The van der Waals surface area contributed by atoms with Gasteiger partial charge in [0.2, 0.25) is 11.8 Å². The zero-order chi connectivity index (χ0) is 11.5. The second-order valence-electron chi connectivity index (χ2n) is 3.57. The number of imide groups is 1. The predicted octanol–water partition coefficient (Wildman–Crippen LogP) is -1.08. The summed E-state index contributed by atoms with van der Waals surface area (Å²) in [6, 6.07) is 0. The lowest BCUT2D eigenvalue weighted by Crippen LogP contribution is -2.32. The van der Waals surface area contributed by atoms with Crippen LogP contribution in [0, 0.1) is 0 Å². The molecule has 0 radical (unpaired) electrons. The van der Waals surface area contributed by atoms with Crippen molar-refractivity contribution in [3.05, 3.63) is 11.9 Å². The molecule has 16 heavy (non-hydrogen) atoms. The average Bonchev–Trinajstić information content (AvgIpc) is 2.85. The van der Waals surface area contributed by atoms with E-state index in [9.17, 15) is 9.59 Å². The third kappa shape index (κ3) is 2.08. The molecule has 0 aliphatic carbocycles. The summed E-state index contributed by atoms with van der Waals surface area (Å²) < 4.78 is 1.50. The molecule has 1 N–H and O–H groups in total. The van der Waals surface area contributed by atoms with Crippen molar-refractivity contribution in [3.63, 3.8) is 0 Å². The molecule has 7 nitrogen and oxygen atoms in total. The lowest BCUT2D eigenvalue weighted by molar-refractivity contribution is -0.138. The Morgan fingerprint density at radius 2 is 1.94 bits per heavy atom. The summed E-state index contributed by atoms with van der Waals surface area (Å²) in [6.45, 7) is 0.554. The van der Waals surface area contributed by atoms with E-state index in [-0.39, 0.29) is 18.4 Å². The van der Waals surface area contributed by atoms with Crippen molar-refractivity contribution in [1.29, 1.82) is 0 Å². The number of aromatic nitrogens is 3. The average molecular weight is 224 g/mol. The Morgan fingerprint density at radius 1 is 1.25 bits per heavy atom. The highest BCUT2D eigenvalue weighted by atomic mass is 16.3. The Balaban J connectivity index is 1.91. The molecule has 7 heteroatoms. The molecule has 0 spiro atoms. The van der Waals surface area contributed by atoms with Crippen LogP contribution in [-0.4, -0.2) is 43.4 Å². The first-order valence-corrected chi connectivity index (χ1v) is 5.04. The Bertz CT molecular complexity index is 399. The highest BCUT2D eigenvalue weighted by molar-refractivity contribution is 6.01. The summed E-state index contributed by atoms with van der Waals surface area (Å²) in [7, 11) is 0. The molecule has 0 unspecified atom stereocenters. The molecule has 86 valence electrons. The topological polar surface area (TPSA) is 88.3 Å². The van der Waals surface area contributed by atoms with Crippen LogP contribution in [-0.2, 0) is 22.7 Å². The van der Waals surface area contributed by atoms with Gasteiger partial charge >= 0.3 is 0 Å². The van der Waals surface area contributed by atoms with Crippen LogP contribution in [0.15, 0.2) is 6.20 Å². The van der Waals surface area contributed by atoms with E-state index < -0.39 is 0 Å². The number of hydrogen-bond acceptors (Lipinski definition) is 5. The van der Waals surface area contributed by atoms with E-state index in [0.29, 0.717) is 31.6 Å². The van der Waals surface area contributed by atoms with E-state index in [4.69, 9.17) is 5.11 Å². The van der Waals surface area contributed by atoms with E-state index in [1.165, 1.54) is 9.58 Å². The summed E-state index contributed by atoms with van der Waals surface area (Å²) in [5.41, 5.74) is 0.471. The number of hydrogen-bond donors (Lipinski definition) is 1. The van der Waals surface area contributed by atoms with Crippen LogP contribution in [0.25, 0.3) is 0 Å². The Morgan fingerprint density at radius 3 is 2.50 bits per heavy atom. The SMILES string of the molecule is O=C1CCC(=O)N1CCn1cc(CO)nn1. The second-order valence-corrected chi connectivity index (χ2v) is 3.57. The molecule has 2 rings (SSSR count). The number of aliphatic hydroxyl groups excluding tert-OH is 1. The number of rotatable bonds is 4. The fourth-order valence-corrected chi connectivity index (χ4v) is 1.59. The summed E-state index contributed by atoms with van der Waals surface area (Å²) in [5.74, 6) is -0.264. The Kier molecular flexibility index (Phi) is 2.95. The second kappa shape index (κ2) is 4.40. The summed E-state index contributed by atoms with van der Waals surface area (Å²) in [6.07, 6.45) is 2.20. The van der Waals surface area contributed by atoms with Crippen molar-refractivity contribution >= 4 is 11.8 Å². The first kappa shape index (κ1) is 10.7. The largest absolute Gasteiger partial charge is 0.390 e. The number of aliphatic hydroxyl groups is 1. The highest BCUT2D eigenvalue weighted by Crippen LogP contribution is 2.11. The first-order valence-electron chi connectivity index (χ1n) is 5.04. The van der Waals surface area contributed by atoms with Crippen LogP contribution in [0.2, 0.25) is 0 Å². The molecular weight excluding hydrogens is 212 g/mol. The third-order valence-electron chi connectivity index (χ3n) is 2.46. The van der Waals surface area contributed by atoms with Crippen molar-refractivity contribution < 1.29 is 14.7 Å². The van der Waals surface area contributed by atoms with E-state index in [0.717, 1.165) is 0 Å². The van der Waals surface area contributed by atoms with Crippen LogP contribution in [0.3, 0.4) is 0 Å². The zero-order valence-electron chi connectivity index (χ0n) is 8.67. The van der Waals surface area contributed by atoms with Gasteiger partial charge in [-0.25, -0.2) is 0 Å². The van der Waals surface area contributed by atoms with Crippen molar-refractivity contribution in [2.45, 2.75) is 26.0 Å². The van der Waals surface area contributed by atoms with Crippen LogP contribution in [0.4, 0.5) is 0 Å². The van der Waals surface area contributed by atoms with Gasteiger partial charge in [-0.1, -0.05) is 5.21 Å². The van der Waals surface area contributed by atoms with Crippen molar-refractivity contribution in [3.8, 4) is 0 Å². The number of nitrogens with zero attached hydrogens (tertiary/aromatic N) is 4. The number of carbonyl (C=O) groups excluding carboxylic acids is 2. The van der Waals surface area contributed by atoms with E-state index in [1.54, 1.807) is 6.20 Å². The molecule has 1 fully saturated rings. The molecule has 0 saturated carbocycles. The lowest BCUT2D eigenvalue weighted by Gasteiger charge is -2.12. The molecule has 1 saturated heterocycles. The Hall–Kier alpha value is -1.76.